The van der Waals surface area contributed by atoms with E-state index in [0.29, 0.717) is 11.3 Å². The number of carbonyl (C=O) groups is 2. The second-order valence-corrected chi connectivity index (χ2v) is 9.24. The summed E-state index contributed by atoms with van der Waals surface area (Å²) in [6.45, 7) is 1.27. The van der Waals surface area contributed by atoms with Crippen LogP contribution in [0.4, 0.5) is 0 Å². The number of methoxy groups -OCH3 is 1. The molecule has 39 heavy (non-hydrogen) atoms. The number of nitrogens with zero attached hydrogens (tertiary/aromatic N) is 1. The number of aryl methyl sites for hydroxylation is 1. The van der Waals surface area contributed by atoms with E-state index in [-0.39, 0.29) is 12.3 Å². The summed E-state index contributed by atoms with van der Waals surface area (Å²) >= 11 is 0. The molecular formula is C34H35NO4. The van der Waals surface area contributed by atoms with E-state index < -0.39 is 11.9 Å². The average molecular weight is 522 g/mol. The van der Waals surface area contributed by atoms with Gasteiger partial charge in [-0.05, 0) is 61.2 Å². The van der Waals surface area contributed by atoms with Gasteiger partial charge in [0.05, 0.1) is 12.8 Å². The molecule has 0 saturated heterocycles. The zero-order valence-electron chi connectivity index (χ0n) is 22.8. The molecule has 0 aliphatic carbocycles. The predicted molar refractivity (Wildman–Crippen MR) is 153 cm³/mol. The maximum atomic E-state index is 12.0. The lowest BCUT2D eigenvalue weighted by atomic mass is 10.0. The minimum Gasteiger partial charge on any atom is -0.464 e. The van der Waals surface area contributed by atoms with Crippen molar-refractivity contribution in [1.82, 2.24) is 4.98 Å². The number of unbranched alkanes of at least 4 members (excludes halogenated alkanes) is 6. The van der Waals surface area contributed by atoms with Crippen molar-refractivity contribution in [3.63, 3.8) is 0 Å². The molecule has 0 aliphatic heterocycles. The zero-order chi connectivity index (χ0) is 27.7. The Bertz CT molecular complexity index is 1340. The first-order valence-corrected chi connectivity index (χ1v) is 13.4. The molecule has 1 heterocycles. The molecule has 200 valence electrons. The van der Waals surface area contributed by atoms with Gasteiger partial charge in [0, 0.05) is 30.0 Å². The largest absolute Gasteiger partial charge is 0.464 e. The molecule has 0 unspecified atom stereocenters. The second-order valence-electron chi connectivity index (χ2n) is 9.24. The van der Waals surface area contributed by atoms with Crippen molar-refractivity contribution < 1.29 is 19.1 Å². The third kappa shape index (κ3) is 11.3. The molecule has 0 atom stereocenters. The highest BCUT2D eigenvalue weighted by Crippen LogP contribution is 2.11. The lowest BCUT2D eigenvalue weighted by molar-refractivity contribution is -0.142. The van der Waals surface area contributed by atoms with Gasteiger partial charge in [-0.25, -0.2) is 9.78 Å². The molecule has 0 fully saturated rings. The van der Waals surface area contributed by atoms with E-state index in [0.717, 1.165) is 24.0 Å². The fourth-order valence-corrected chi connectivity index (χ4v) is 3.96. The Morgan fingerprint density at radius 1 is 0.769 bits per heavy atom. The van der Waals surface area contributed by atoms with Crippen molar-refractivity contribution in [1.29, 1.82) is 0 Å². The van der Waals surface area contributed by atoms with Crippen molar-refractivity contribution >= 4 is 11.9 Å². The van der Waals surface area contributed by atoms with Crippen LogP contribution in [-0.4, -0.2) is 24.0 Å². The van der Waals surface area contributed by atoms with Crippen LogP contribution in [-0.2, 0) is 27.3 Å². The highest BCUT2D eigenvalue weighted by molar-refractivity contribution is 5.87. The summed E-state index contributed by atoms with van der Waals surface area (Å²) in [6.07, 6.45) is 9.56. The van der Waals surface area contributed by atoms with Crippen LogP contribution in [0.15, 0.2) is 66.7 Å². The number of esters is 2. The molecule has 1 aromatic heterocycles. The van der Waals surface area contributed by atoms with Crippen LogP contribution in [0.25, 0.3) is 0 Å². The maximum absolute atomic E-state index is 12.0. The van der Waals surface area contributed by atoms with Crippen LogP contribution in [0, 0.1) is 23.7 Å². The summed E-state index contributed by atoms with van der Waals surface area (Å²) in [6, 6.07) is 21.7. The van der Waals surface area contributed by atoms with Gasteiger partial charge in [0.15, 0.2) is 0 Å². The van der Waals surface area contributed by atoms with Gasteiger partial charge in [0.2, 0.25) is 0 Å². The Hall–Kier alpha value is -4.35. The monoisotopic (exact) mass is 521 g/mol. The molecule has 3 aromatic rings. The fraction of sp³-hybridized carbons (Fsp3) is 0.324. The van der Waals surface area contributed by atoms with Crippen LogP contribution in [0.3, 0.4) is 0 Å². The van der Waals surface area contributed by atoms with Crippen molar-refractivity contribution in [2.45, 2.75) is 64.9 Å². The first kappa shape index (κ1) is 29.2. The molecule has 0 spiro atoms. The Morgan fingerprint density at radius 3 is 2.10 bits per heavy atom. The van der Waals surface area contributed by atoms with E-state index in [1.807, 2.05) is 24.3 Å². The smallest absolute Gasteiger partial charge is 0.356 e. The van der Waals surface area contributed by atoms with Crippen molar-refractivity contribution in [2.75, 3.05) is 7.11 Å². The number of rotatable bonds is 11. The van der Waals surface area contributed by atoms with Crippen LogP contribution >= 0.6 is 0 Å². The quantitative estimate of drug-likeness (QED) is 0.160. The molecule has 5 heteroatoms. The lowest BCUT2D eigenvalue weighted by Crippen LogP contribution is -2.08. The van der Waals surface area contributed by atoms with Crippen molar-refractivity contribution in [3.05, 3.63) is 100 Å². The first-order chi connectivity index (χ1) is 19.0. The van der Waals surface area contributed by atoms with E-state index in [1.54, 1.807) is 12.1 Å². The predicted octanol–water partition coefficient (Wildman–Crippen LogP) is 6.66. The second kappa shape index (κ2) is 16.5. The van der Waals surface area contributed by atoms with Gasteiger partial charge in [-0.1, -0.05) is 79.7 Å². The van der Waals surface area contributed by atoms with E-state index in [4.69, 9.17) is 9.47 Å². The van der Waals surface area contributed by atoms with Crippen LogP contribution in [0.2, 0.25) is 0 Å². The normalized spacial score (nSPS) is 10.0. The van der Waals surface area contributed by atoms with Crippen molar-refractivity contribution in [2.24, 2.45) is 0 Å². The van der Waals surface area contributed by atoms with E-state index in [1.165, 1.54) is 58.1 Å². The molecule has 3 rings (SSSR count). The van der Waals surface area contributed by atoms with Gasteiger partial charge in [-0.2, -0.15) is 0 Å². The Morgan fingerprint density at radius 2 is 1.41 bits per heavy atom. The zero-order valence-corrected chi connectivity index (χ0v) is 22.8. The topological polar surface area (TPSA) is 65.5 Å². The van der Waals surface area contributed by atoms with E-state index >= 15 is 0 Å². The van der Waals surface area contributed by atoms with Crippen LogP contribution in [0.5, 0.6) is 0 Å². The molecule has 0 bridgehead atoms. The van der Waals surface area contributed by atoms with Crippen molar-refractivity contribution in [3.8, 4) is 23.7 Å². The summed E-state index contributed by atoms with van der Waals surface area (Å²) in [5.74, 6) is 11.6. The fourth-order valence-electron chi connectivity index (χ4n) is 3.96. The van der Waals surface area contributed by atoms with Gasteiger partial charge in [0.25, 0.3) is 0 Å². The molecular weight excluding hydrogens is 486 g/mol. The summed E-state index contributed by atoms with van der Waals surface area (Å²) < 4.78 is 9.77. The third-order valence-corrected chi connectivity index (χ3v) is 6.03. The molecule has 0 aliphatic rings. The third-order valence-electron chi connectivity index (χ3n) is 6.03. The molecule has 5 nitrogen and oxygen atoms in total. The number of pyridine rings is 1. The average Bonchev–Trinajstić information content (AvgIpc) is 2.96. The minimum absolute atomic E-state index is 0.0447. The number of aromatic nitrogens is 1. The molecule has 0 saturated carbocycles. The molecule has 0 N–H and O–H groups in total. The van der Waals surface area contributed by atoms with Gasteiger partial charge in [0.1, 0.15) is 12.3 Å². The van der Waals surface area contributed by atoms with Gasteiger partial charge < -0.3 is 9.47 Å². The minimum atomic E-state index is -0.579. The highest BCUT2D eigenvalue weighted by atomic mass is 16.5. The lowest BCUT2D eigenvalue weighted by Gasteiger charge is -2.05. The van der Waals surface area contributed by atoms with Gasteiger partial charge >= 0.3 is 11.9 Å². The Kier molecular flexibility index (Phi) is 12.3. The highest BCUT2D eigenvalue weighted by Gasteiger charge is 2.11. The van der Waals surface area contributed by atoms with E-state index in [9.17, 15) is 9.59 Å². The number of ether oxygens (including phenoxy) is 2. The van der Waals surface area contributed by atoms with Crippen LogP contribution in [0.1, 0.15) is 90.3 Å². The number of benzene rings is 2. The number of carbonyl (C=O) groups excluding carboxylic acids is 2. The molecule has 0 radical (unpaired) electrons. The number of hydrogen-bond donors (Lipinski definition) is 0. The molecule has 0 amide bonds. The van der Waals surface area contributed by atoms with Crippen LogP contribution < -0.4 is 0 Å². The van der Waals surface area contributed by atoms with E-state index in [2.05, 4.69) is 59.0 Å². The Balaban J connectivity index is 1.43. The summed E-state index contributed by atoms with van der Waals surface area (Å²) in [5, 5.41) is 0. The number of hydrogen-bond acceptors (Lipinski definition) is 5. The van der Waals surface area contributed by atoms with Gasteiger partial charge in [-0.15, -0.1) is 0 Å². The summed E-state index contributed by atoms with van der Waals surface area (Å²) in [5.41, 5.74) is 4.33. The first-order valence-electron chi connectivity index (χ1n) is 13.4. The van der Waals surface area contributed by atoms with Gasteiger partial charge in [-0.3, -0.25) is 4.79 Å². The summed E-state index contributed by atoms with van der Waals surface area (Å²) in [7, 11) is 1.29. The Labute approximate surface area is 232 Å². The standard InChI is InChI=1S/C34H35NO4/c1-27(36)39-26-32-24-31(25-33(35-32)34(37)38-2)23-22-30-20-18-29(19-21-30)17-11-8-6-4-3-5-7-10-14-28-15-12-9-13-16-28/h9,12-13,15-16,18-21,24-25H,3-8,10,14,26H2,1-2H3. The summed E-state index contributed by atoms with van der Waals surface area (Å²) in [4.78, 5) is 27.3. The molecule has 2 aromatic carbocycles. The SMILES string of the molecule is COC(=O)c1cc(C#Cc2ccc(C#CCCCCCCCCc3ccccc3)cc2)cc(COC(C)=O)n1. The maximum Gasteiger partial charge on any atom is 0.356 e.